The van der Waals surface area contributed by atoms with Gasteiger partial charge in [-0.25, -0.2) is 0 Å². The Morgan fingerprint density at radius 1 is 0.459 bits per heavy atom. The lowest BCUT2D eigenvalue weighted by Gasteiger charge is -2.24. The van der Waals surface area contributed by atoms with E-state index < -0.39 is 18.2 Å². The van der Waals surface area contributed by atoms with E-state index in [9.17, 15) is 19.8 Å². The lowest BCUT2D eigenvalue weighted by molar-refractivity contribution is -0.151. The number of ether oxygens (including phenoxy) is 1. The summed E-state index contributed by atoms with van der Waals surface area (Å²) in [7, 11) is 0. The van der Waals surface area contributed by atoms with Crippen LogP contribution in [0.15, 0.2) is 12.2 Å². The Hall–Kier alpha value is -1.40. The molecule has 0 aliphatic rings. The molecule has 61 heavy (non-hydrogen) atoms. The van der Waals surface area contributed by atoms with Crippen LogP contribution in [0.25, 0.3) is 0 Å². The Labute approximate surface area is 380 Å². The fourth-order valence-corrected chi connectivity index (χ4v) is 8.66. The normalized spacial score (nSPS) is 13.2. The quantitative estimate of drug-likeness (QED) is 0.0322. The number of nitrogens with one attached hydrogen (secondary N) is 1. The summed E-state index contributed by atoms with van der Waals surface area (Å²) in [4.78, 5) is 26.2. The minimum absolute atomic E-state index is 0.0819. The molecule has 0 aromatic carbocycles. The van der Waals surface area contributed by atoms with E-state index in [1.807, 2.05) is 0 Å². The first-order valence-corrected chi connectivity index (χ1v) is 27.4. The smallest absolute Gasteiger partial charge is 0.306 e. The van der Waals surface area contributed by atoms with E-state index >= 15 is 0 Å². The monoisotopic (exact) mass is 862 g/mol. The first-order chi connectivity index (χ1) is 30.0. The lowest BCUT2D eigenvalue weighted by Crippen LogP contribution is -2.46. The van der Waals surface area contributed by atoms with Gasteiger partial charge in [0.25, 0.3) is 0 Å². The van der Waals surface area contributed by atoms with Crippen molar-refractivity contribution in [1.82, 2.24) is 5.32 Å². The van der Waals surface area contributed by atoms with Gasteiger partial charge in [0.2, 0.25) is 5.91 Å². The number of rotatable bonds is 50. The topological polar surface area (TPSA) is 95.9 Å². The summed E-state index contributed by atoms with van der Waals surface area (Å²) < 4.78 is 5.94. The predicted octanol–water partition coefficient (Wildman–Crippen LogP) is 16.5. The van der Waals surface area contributed by atoms with Crippen LogP contribution in [0.2, 0.25) is 0 Å². The second kappa shape index (κ2) is 49.6. The van der Waals surface area contributed by atoms with Gasteiger partial charge in [0.15, 0.2) is 0 Å². The predicted molar refractivity (Wildman–Crippen MR) is 264 cm³/mol. The van der Waals surface area contributed by atoms with Crippen LogP contribution in [0, 0.1) is 0 Å². The van der Waals surface area contributed by atoms with Gasteiger partial charge in [-0.2, -0.15) is 0 Å². The summed E-state index contributed by atoms with van der Waals surface area (Å²) >= 11 is 0. The molecule has 0 saturated carbocycles. The van der Waals surface area contributed by atoms with Crippen LogP contribution in [-0.4, -0.2) is 46.9 Å². The molecule has 3 N–H and O–H groups in total. The third-order valence-corrected chi connectivity index (χ3v) is 12.8. The molecule has 6 heteroatoms. The minimum atomic E-state index is -0.783. The van der Waals surface area contributed by atoms with Gasteiger partial charge < -0.3 is 20.3 Å². The zero-order valence-corrected chi connectivity index (χ0v) is 41.3. The van der Waals surface area contributed by atoms with Crippen molar-refractivity contribution in [3.8, 4) is 0 Å². The van der Waals surface area contributed by atoms with E-state index in [-0.39, 0.29) is 24.9 Å². The van der Waals surface area contributed by atoms with Crippen LogP contribution in [-0.2, 0) is 14.3 Å². The van der Waals surface area contributed by atoms with Gasteiger partial charge >= 0.3 is 5.97 Å². The molecule has 0 spiro atoms. The van der Waals surface area contributed by atoms with Crippen LogP contribution in [0.1, 0.15) is 303 Å². The Morgan fingerprint density at radius 3 is 1.20 bits per heavy atom. The van der Waals surface area contributed by atoms with Crippen LogP contribution in [0.3, 0.4) is 0 Å². The van der Waals surface area contributed by atoms with Crippen molar-refractivity contribution >= 4 is 11.9 Å². The molecule has 0 rings (SSSR count). The van der Waals surface area contributed by atoms with E-state index in [1.54, 1.807) is 0 Å². The van der Waals surface area contributed by atoms with E-state index in [2.05, 4.69) is 38.2 Å². The van der Waals surface area contributed by atoms with Crippen LogP contribution >= 0.6 is 0 Å². The number of amides is 1. The first kappa shape index (κ1) is 59.6. The second-order valence-electron chi connectivity index (χ2n) is 19.0. The fraction of sp³-hybridized carbons (Fsp3) is 0.927. The van der Waals surface area contributed by atoms with E-state index in [0.29, 0.717) is 19.3 Å². The lowest BCUT2D eigenvalue weighted by atomic mass is 10.0. The number of aliphatic hydroxyl groups is 2. The van der Waals surface area contributed by atoms with Gasteiger partial charge in [0.1, 0.15) is 6.10 Å². The van der Waals surface area contributed by atoms with Crippen molar-refractivity contribution in [2.45, 2.75) is 322 Å². The molecule has 0 radical (unpaired) electrons. The maximum Gasteiger partial charge on any atom is 0.306 e. The highest BCUT2D eigenvalue weighted by molar-refractivity contribution is 5.77. The number of allylic oxidation sites excluding steroid dienone is 2. The molecule has 0 heterocycles. The SMILES string of the molecule is CCCCC/C=C\CCCCCCCC(=O)OC(CCCCCCCCCCCCCCCCCC)CC(=O)NC(CO)C(O)CCCCCCCCCCCCCCCC. The largest absolute Gasteiger partial charge is 0.462 e. The van der Waals surface area contributed by atoms with Crippen LogP contribution in [0.4, 0.5) is 0 Å². The number of carbonyl (C=O) groups is 2. The molecule has 0 fully saturated rings. The summed E-state index contributed by atoms with van der Waals surface area (Å²) in [5.41, 5.74) is 0. The third-order valence-electron chi connectivity index (χ3n) is 12.8. The molecular weight excluding hydrogens is 755 g/mol. The summed E-state index contributed by atoms with van der Waals surface area (Å²) in [6, 6.07) is -0.696. The van der Waals surface area contributed by atoms with E-state index in [1.165, 1.54) is 205 Å². The second-order valence-corrected chi connectivity index (χ2v) is 19.0. The highest BCUT2D eigenvalue weighted by Gasteiger charge is 2.24. The Morgan fingerprint density at radius 2 is 0.787 bits per heavy atom. The first-order valence-electron chi connectivity index (χ1n) is 27.4. The van der Waals surface area contributed by atoms with Gasteiger partial charge in [-0.05, 0) is 51.4 Å². The molecule has 3 atom stereocenters. The maximum absolute atomic E-state index is 13.2. The number of hydrogen-bond donors (Lipinski definition) is 3. The number of esters is 1. The molecule has 1 amide bonds. The van der Waals surface area contributed by atoms with Crippen molar-refractivity contribution in [3.05, 3.63) is 12.2 Å². The van der Waals surface area contributed by atoms with Crippen LogP contribution in [0.5, 0.6) is 0 Å². The summed E-state index contributed by atoms with van der Waals surface area (Å²) in [6.45, 7) is 6.49. The summed E-state index contributed by atoms with van der Waals surface area (Å²) in [5, 5.41) is 23.8. The Kier molecular flexibility index (Phi) is 48.5. The molecule has 362 valence electrons. The molecule has 0 bridgehead atoms. The summed E-state index contributed by atoms with van der Waals surface area (Å²) in [5.74, 6) is -0.464. The van der Waals surface area contributed by atoms with E-state index in [0.717, 1.165) is 51.4 Å². The van der Waals surface area contributed by atoms with Gasteiger partial charge in [-0.1, -0.05) is 251 Å². The standard InChI is InChI=1S/C55H107NO5/c1-4-7-10-13-16-19-22-25-27-28-29-31-34-37-40-43-46-51(61-55(60)48-45-42-39-36-33-24-21-18-15-12-9-6-3)49-54(59)56-52(50-57)53(58)47-44-41-38-35-32-30-26-23-20-17-14-11-8-5-2/h18,21,51-53,57-58H,4-17,19-20,22-50H2,1-3H3,(H,56,59)/b21-18-. The molecule has 3 unspecified atom stereocenters. The fourth-order valence-electron chi connectivity index (χ4n) is 8.66. The molecule has 0 aliphatic heterocycles. The van der Waals surface area contributed by atoms with Gasteiger partial charge in [0, 0.05) is 6.42 Å². The molecule has 0 saturated heterocycles. The zero-order chi connectivity index (χ0) is 44.5. The molecule has 6 nitrogen and oxygen atoms in total. The highest BCUT2D eigenvalue weighted by atomic mass is 16.5. The maximum atomic E-state index is 13.2. The van der Waals surface area contributed by atoms with Crippen molar-refractivity contribution in [1.29, 1.82) is 0 Å². The number of unbranched alkanes of at least 4 members (excludes halogenated alkanes) is 36. The van der Waals surface area contributed by atoms with Crippen molar-refractivity contribution in [2.24, 2.45) is 0 Å². The molecule has 0 aromatic rings. The zero-order valence-electron chi connectivity index (χ0n) is 41.3. The van der Waals surface area contributed by atoms with E-state index in [4.69, 9.17) is 4.74 Å². The van der Waals surface area contributed by atoms with Crippen molar-refractivity contribution < 1.29 is 24.5 Å². The molecular formula is C55H107NO5. The van der Waals surface area contributed by atoms with Crippen LogP contribution < -0.4 is 5.32 Å². The van der Waals surface area contributed by atoms with Gasteiger partial charge in [0.05, 0.1) is 25.2 Å². The Bertz CT molecular complexity index is 924. The Balaban J connectivity index is 4.52. The number of hydrogen-bond acceptors (Lipinski definition) is 5. The minimum Gasteiger partial charge on any atom is -0.462 e. The third kappa shape index (κ3) is 45.0. The molecule has 0 aliphatic carbocycles. The average Bonchev–Trinajstić information content (AvgIpc) is 3.25. The van der Waals surface area contributed by atoms with Crippen molar-refractivity contribution in [2.75, 3.05) is 6.61 Å². The number of carbonyl (C=O) groups excluding carboxylic acids is 2. The number of aliphatic hydroxyl groups excluding tert-OH is 2. The van der Waals surface area contributed by atoms with Gasteiger partial charge in [-0.3, -0.25) is 9.59 Å². The van der Waals surface area contributed by atoms with Crippen molar-refractivity contribution in [3.63, 3.8) is 0 Å². The highest BCUT2D eigenvalue weighted by Crippen LogP contribution is 2.19. The van der Waals surface area contributed by atoms with Gasteiger partial charge in [-0.15, -0.1) is 0 Å². The average molecular weight is 862 g/mol. The molecule has 0 aromatic heterocycles. The summed E-state index contributed by atoms with van der Waals surface area (Å²) in [6.07, 6.45) is 55.6.